The fourth-order valence-corrected chi connectivity index (χ4v) is 8.02. The summed E-state index contributed by atoms with van der Waals surface area (Å²) in [6.07, 6.45) is 11.6. The molecule has 6 atom stereocenters. The molecule has 0 heterocycles. The Morgan fingerprint density at radius 3 is 2.53 bits per heavy atom. The maximum atomic E-state index is 12.1. The van der Waals surface area contributed by atoms with E-state index in [2.05, 4.69) is 19.6 Å². The number of phenolic OH excluding ortho intramolecular Hbond substituents is 1. The third-order valence-electron chi connectivity index (χ3n) is 10.2. The van der Waals surface area contributed by atoms with Crippen LogP contribution >= 0.6 is 0 Å². The van der Waals surface area contributed by atoms with Crippen LogP contribution in [-0.2, 0) is 30.3 Å². The number of hydrogen-bond donors (Lipinski definition) is 1. The molecule has 6 rings (SSSR count). The second-order valence-corrected chi connectivity index (χ2v) is 12.4. The summed E-state index contributed by atoms with van der Waals surface area (Å²) < 4.78 is 10.7. The van der Waals surface area contributed by atoms with E-state index in [-0.39, 0.29) is 40.7 Å². The molecule has 6 heteroatoms. The van der Waals surface area contributed by atoms with Crippen molar-refractivity contribution in [3.8, 4) is 5.75 Å². The van der Waals surface area contributed by atoms with Gasteiger partial charge in [0.2, 0.25) is 5.78 Å². The number of allylic oxidation sites excluding steroid dienone is 4. The van der Waals surface area contributed by atoms with E-state index in [0.717, 1.165) is 24.8 Å². The smallest absolute Gasteiger partial charge is 0.305 e. The minimum Gasteiger partial charge on any atom is -0.508 e. The highest BCUT2D eigenvalue weighted by Gasteiger charge is 2.56. The number of benzene rings is 2. The summed E-state index contributed by atoms with van der Waals surface area (Å²) in [5.74, 6) is 1.60. The lowest BCUT2D eigenvalue weighted by Gasteiger charge is -2.50. The molecule has 4 aliphatic rings. The SMILES string of the molecule is C=CC(C1=CC(=O)C(OC)=CC1=O)c1ccccc1.CCC(=O)OC1CCC2C3CCc4cc(O)ccc4C3CCC12C. The van der Waals surface area contributed by atoms with Crippen molar-refractivity contribution < 1.29 is 29.0 Å². The number of esters is 1. The second kappa shape index (κ2) is 12.7. The van der Waals surface area contributed by atoms with Gasteiger partial charge in [-0.25, -0.2) is 0 Å². The van der Waals surface area contributed by atoms with Gasteiger partial charge >= 0.3 is 5.97 Å². The number of carbonyl (C=O) groups excluding carboxylic acids is 3. The first kappa shape index (κ1) is 30.5. The Morgan fingerprint density at radius 2 is 1.84 bits per heavy atom. The molecular formula is C37H42O6. The number of aryl methyl sites for hydroxylation is 1. The Bertz CT molecular complexity index is 1450. The molecule has 2 aromatic rings. The minimum atomic E-state index is -0.292. The third-order valence-corrected chi connectivity index (χ3v) is 10.2. The fourth-order valence-electron chi connectivity index (χ4n) is 8.02. The first-order valence-corrected chi connectivity index (χ1v) is 15.4. The Hall–Kier alpha value is -3.93. The molecule has 0 saturated heterocycles. The standard InChI is InChI=1S/C21H28O3.C16H14O3/c1-3-20(23)24-19-9-8-18-17-6-4-13-12-14(22)5-7-15(13)16(17)10-11-21(18,19)2;1-3-12(11-7-5-4-6-8-11)13-9-15(18)16(19-2)10-14(13)17/h5,7,12,16-19,22H,3-4,6,8-11H2,1-2H3;3-10,12H,1H2,2H3. The van der Waals surface area contributed by atoms with Crippen LogP contribution < -0.4 is 0 Å². The van der Waals surface area contributed by atoms with Gasteiger partial charge in [-0.3, -0.25) is 14.4 Å². The molecule has 0 amide bonds. The van der Waals surface area contributed by atoms with Crippen LogP contribution in [0.2, 0.25) is 0 Å². The minimum absolute atomic E-state index is 0.0477. The van der Waals surface area contributed by atoms with E-state index >= 15 is 0 Å². The summed E-state index contributed by atoms with van der Waals surface area (Å²) in [5, 5.41) is 9.77. The van der Waals surface area contributed by atoms with E-state index in [4.69, 9.17) is 9.47 Å². The average molecular weight is 583 g/mol. The van der Waals surface area contributed by atoms with Crippen molar-refractivity contribution in [3.63, 3.8) is 0 Å². The number of rotatable bonds is 6. The van der Waals surface area contributed by atoms with Crippen LogP contribution in [0.5, 0.6) is 5.75 Å². The zero-order valence-corrected chi connectivity index (χ0v) is 25.4. The van der Waals surface area contributed by atoms with Crippen LogP contribution in [0, 0.1) is 17.3 Å². The van der Waals surface area contributed by atoms with Crippen LogP contribution in [0.1, 0.15) is 80.9 Å². The Labute approximate surface area is 254 Å². The lowest BCUT2D eigenvalue weighted by molar-refractivity contribution is -0.157. The lowest BCUT2D eigenvalue weighted by Crippen LogP contribution is -2.45. The maximum Gasteiger partial charge on any atom is 0.305 e. The number of aromatic hydroxyl groups is 1. The number of phenols is 1. The summed E-state index contributed by atoms with van der Waals surface area (Å²) in [6, 6.07) is 15.4. The Kier molecular flexibility index (Phi) is 9.05. The molecule has 6 unspecified atom stereocenters. The van der Waals surface area contributed by atoms with Crippen LogP contribution in [-0.4, -0.2) is 35.9 Å². The predicted molar refractivity (Wildman–Crippen MR) is 165 cm³/mol. The first-order valence-electron chi connectivity index (χ1n) is 15.4. The molecule has 226 valence electrons. The van der Waals surface area contributed by atoms with Crippen LogP contribution in [0.15, 0.2) is 84.7 Å². The highest BCUT2D eigenvalue weighted by molar-refractivity contribution is 6.19. The van der Waals surface area contributed by atoms with Gasteiger partial charge in [0, 0.05) is 29.4 Å². The molecule has 0 bridgehead atoms. The molecule has 1 N–H and O–H groups in total. The number of ketones is 2. The molecule has 4 aliphatic carbocycles. The lowest BCUT2D eigenvalue weighted by atomic mass is 9.55. The van der Waals surface area contributed by atoms with Gasteiger partial charge in [0.25, 0.3) is 0 Å². The molecule has 43 heavy (non-hydrogen) atoms. The average Bonchev–Trinajstić information content (AvgIpc) is 3.35. The quantitative estimate of drug-likeness (QED) is 0.221. The number of methoxy groups -OCH3 is 1. The van der Waals surface area contributed by atoms with E-state index in [0.29, 0.717) is 35.5 Å². The largest absolute Gasteiger partial charge is 0.508 e. The first-order chi connectivity index (χ1) is 20.7. The van der Waals surface area contributed by atoms with E-state index in [1.54, 1.807) is 6.08 Å². The zero-order chi connectivity index (χ0) is 30.7. The van der Waals surface area contributed by atoms with Gasteiger partial charge in [0.1, 0.15) is 11.9 Å². The van der Waals surface area contributed by atoms with E-state index in [1.165, 1.54) is 49.7 Å². The van der Waals surface area contributed by atoms with Gasteiger partial charge in [0.15, 0.2) is 11.5 Å². The summed E-state index contributed by atoms with van der Waals surface area (Å²) in [7, 11) is 1.37. The number of hydrogen-bond acceptors (Lipinski definition) is 6. The van der Waals surface area contributed by atoms with Crippen molar-refractivity contribution in [1.29, 1.82) is 0 Å². The Balaban J connectivity index is 0.000000177. The molecule has 2 saturated carbocycles. The van der Waals surface area contributed by atoms with Crippen LogP contribution in [0.3, 0.4) is 0 Å². The van der Waals surface area contributed by atoms with E-state index < -0.39 is 0 Å². The summed E-state index contributed by atoms with van der Waals surface area (Å²) in [6.45, 7) is 7.99. The van der Waals surface area contributed by atoms with Crippen molar-refractivity contribution in [2.24, 2.45) is 17.3 Å². The fraction of sp³-hybridized carbons (Fsp3) is 0.432. The summed E-state index contributed by atoms with van der Waals surface area (Å²) >= 11 is 0. The summed E-state index contributed by atoms with van der Waals surface area (Å²) in [5.41, 5.74) is 4.30. The van der Waals surface area contributed by atoms with Crippen molar-refractivity contribution in [3.05, 3.63) is 101 Å². The molecular weight excluding hydrogens is 540 g/mol. The highest BCUT2D eigenvalue weighted by atomic mass is 16.5. The monoisotopic (exact) mass is 582 g/mol. The van der Waals surface area contributed by atoms with Crippen molar-refractivity contribution in [2.45, 2.75) is 76.7 Å². The van der Waals surface area contributed by atoms with Gasteiger partial charge in [-0.05, 0) is 91.2 Å². The molecule has 0 spiro atoms. The zero-order valence-electron chi connectivity index (χ0n) is 25.4. The van der Waals surface area contributed by atoms with Crippen LogP contribution in [0.25, 0.3) is 0 Å². The normalized spacial score (nSPS) is 28.1. The molecule has 0 radical (unpaired) electrons. The van der Waals surface area contributed by atoms with Crippen molar-refractivity contribution >= 4 is 17.5 Å². The number of ether oxygens (including phenoxy) is 2. The van der Waals surface area contributed by atoms with Gasteiger partial charge in [-0.2, -0.15) is 0 Å². The topological polar surface area (TPSA) is 89.9 Å². The van der Waals surface area contributed by atoms with Gasteiger partial charge < -0.3 is 14.6 Å². The molecule has 2 fully saturated rings. The predicted octanol–water partition coefficient (Wildman–Crippen LogP) is 7.13. The van der Waals surface area contributed by atoms with Gasteiger partial charge in [-0.15, -0.1) is 6.58 Å². The highest BCUT2D eigenvalue weighted by Crippen LogP contribution is 2.61. The van der Waals surface area contributed by atoms with E-state index in [9.17, 15) is 19.5 Å². The molecule has 2 aromatic carbocycles. The molecule has 0 aromatic heterocycles. The third kappa shape index (κ3) is 5.97. The van der Waals surface area contributed by atoms with E-state index in [1.807, 2.05) is 49.4 Å². The number of carbonyl (C=O) groups is 3. The Morgan fingerprint density at radius 1 is 1.07 bits per heavy atom. The van der Waals surface area contributed by atoms with Gasteiger partial charge in [-0.1, -0.05) is 56.3 Å². The summed E-state index contributed by atoms with van der Waals surface area (Å²) in [4.78, 5) is 35.7. The second-order valence-electron chi connectivity index (χ2n) is 12.4. The van der Waals surface area contributed by atoms with Crippen molar-refractivity contribution in [1.82, 2.24) is 0 Å². The van der Waals surface area contributed by atoms with Crippen LogP contribution in [0.4, 0.5) is 0 Å². The molecule has 0 aliphatic heterocycles. The maximum absolute atomic E-state index is 12.1. The van der Waals surface area contributed by atoms with Gasteiger partial charge in [0.05, 0.1) is 7.11 Å². The number of fused-ring (bicyclic) bond motifs is 5. The van der Waals surface area contributed by atoms with Crippen molar-refractivity contribution in [2.75, 3.05) is 7.11 Å². The molecule has 6 nitrogen and oxygen atoms in total.